The van der Waals surface area contributed by atoms with Crippen LogP contribution in [0.15, 0.2) is 48.5 Å². The first-order chi connectivity index (χ1) is 19.9. The molecule has 5 amide bonds. The van der Waals surface area contributed by atoms with Gasteiger partial charge in [0.1, 0.15) is 0 Å². The molecule has 0 aliphatic carbocycles. The van der Waals surface area contributed by atoms with Gasteiger partial charge in [-0.25, -0.2) is 9.59 Å². The molecule has 0 fully saturated rings. The van der Waals surface area contributed by atoms with E-state index in [1.807, 2.05) is 0 Å². The number of hydrogen-bond donors (Lipinski definition) is 2. The van der Waals surface area contributed by atoms with E-state index >= 15 is 0 Å². The fourth-order valence-corrected chi connectivity index (χ4v) is 3.54. The normalized spacial score (nSPS) is 10.2. The maximum Gasteiger partial charge on any atom is 0.363 e. The van der Waals surface area contributed by atoms with Gasteiger partial charge in [-0.05, 0) is 37.1 Å². The number of carbonyl (C=O) groups is 7. The van der Waals surface area contributed by atoms with Crippen molar-refractivity contribution in [1.29, 1.82) is 0 Å². The van der Waals surface area contributed by atoms with Crippen molar-refractivity contribution in [3.63, 3.8) is 0 Å². The largest absolute Gasteiger partial charge is 0.423 e. The molecule has 0 radical (unpaired) electrons. The third-order valence-corrected chi connectivity index (χ3v) is 5.52. The van der Waals surface area contributed by atoms with Crippen molar-refractivity contribution in [2.24, 2.45) is 5.73 Å². The van der Waals surface area contributed by atoms with Crippen molar-refractivity contribution in [2.45, 2.75) is 39.5 Å². The van der Waals surface area contributed by atoms with Crippen molar-refractivity contribution in [3.8, 4) is 11.5 Å². The number of urea groups is 1. The number of rotatable bonds is 12. The number of nitrogens with one attached hydrogen (secondary N) is 1. The summed E-state index contributed by atoms with van der Waals surface area (Å²) in [5, 5.41) is 3.34. The van der Waals surface area contributed by atoms with E-state index in [1.54, 1.807) is 18.2 Å². The first kappa shape index (κ1) is 32.9. The fourth-order valence-electron chi connectivity index (χ4n) is 3.54. The Hall–Kier alpha value is -5.27. The van der Waals surface area contributed by atoms with Gasteiger partial charge in [-0.3, -0.25) is 28.9 Å². The molecule has 14 nitrogen and oxygen atoms in total. The highest BCUT2D eigenvalue weighted by Gasteiger charge is 2.23. The SMILES string of the molecule is CC(=O)Oc1cccc(C(=O)NCCCCC(=O)N(CCC(=O)N(C)OC(=O)c2ccccc2)C(N)=O)c1OC(C)=O. The summed E-state index contributed by atoms with van der Waals surface area (Å²) in [7, 11) is 1.23. The van der Waals surface area contributed by atoms with E-state index in [2.05, 4.69) is 5.32 Å². The van der Waals surface area contributed by atoms with Gasteiger partial charge in [-0.2, -0.15) is 5.06 Å². The van der Waals surface area contributed by atoms with Gasteiger partial charge in [0.25, 0.3) is 11.8 Å². The molecule has 0 aliphatic heterocycles. The Kier molecular flexibility index (Phi) is 12.6. The third kappa shape index (κ3) is 10.4. The molecule has 2 aromatic carbocycles. The predicted molar refractivity (Wildman–Crippen MR) is 146 cm³/mol. The Balaban J connectivity index is 1.83. The van der Waals surface area contributed by atoms with Crippen molar-refractivity contribution in [1.82, 2.24) is 15.3 Å². The summed E-state index contributed by atoms with van der Waals surface area (Å²) in [5.41, 5.74) is 5.51. The topological polar surface area (TPSA) is 192 Å². The molecule has 2 aromatic rings. The van der Waals surface area contributed by atoms with Crippen molar-refractivity contribution in [2.75, 3.05) is 20.1 Å². The van der Waals surface area contributed by atoms with Gasteiger partial charge >= 0.3 is 23.9 Å². The minimum atomic E-state index is -1.05. The Morgan fingerprint density at radius 3 is 2.10 bits per heavy atom. The second kappa shape index (κ2) is 16.1. The average molecular weight is 585 g/mol. The summed E-state index contributed by atoms with van der Waals surface area (Å²) in [6.45, 7) is 2.09. The number of para-hydroxylation sites is 1. The lowest BCUT2D eigenvalue weighted by Crippen LogP contribution is -2.43. The van der Waals surface area contributed by atoms with Crippen LogP contribution in [-0.4, -0.2) is 71.8 Å². The smallest absolute Gasteiger partial charge is 0.363 e. The highest BCUT2D eigenvalue weighted by atomic mass is 16.7. The monoisotopic (exact) mass is 584 g/mol. The Morgan fingerprint density at radius 1 is 0.810 bits per heavy atom. The molecule has 0 saturated carbocycles. The number of nitrogens with zero attached hydrogens (tertiary/aromatic N) is 2. The number of primary amides is 1. The number of benzene rings is 2. The van der Waals surface area contributed by atoms with Crippen LogP contribution >= 0.6 is 0 Å². The number of hydroxylamine groups is 2. The van der Waals surface area contributed by atoms with Crippen LogP contribution in [-0.2, 0) is 24.0 Å². The van der Waals surface area contributed by atoms with Gasteiger partial charge in [0.15, 0.2) is 11.5 Å². The molecule has 42 heavy (non-hydrogen) atoms. The Bertz CT molecular complexity index is 1330. The molecule has 0 unspecified atom stereocenters. The van der Waals surface area contributed by atoms with E-state index in [-0.39, 0.29) is 55.0 Å². The van der Waals surface area contributed by atoms with E-state index in [0.717, 1.165) is 23.8 Å². The van der Waals surface area contributed by atoms with Gasteiger partial charge in [0.05, 0.1) is 11.1 Å². The lowest BCUT2D eigenvalue weighted by molar-refractivity contribution is -0.161. The summed E-state index contributed by atoms with van der Waals surface area (Å²) in [6, 6.07) is 11.2. The summed E-state index contributed by atoms with van der Waals surface area (Å²) >= 11 is 0. The Labute approximate surface area is 241 Å². The van der Waals surface area contributed by atoms with Gasteiger partial charge < -0.3 is 25.4 Å². The first-order valence-electron chi connectivity index (χ1n) is 12.8. The zero-order valence-electron chi connectivity index (χ0n) is 23.4. The van der Waals surface area contributed by atoms with Crippen LogP contribution in [0.4, 0.5) is 4.79 Å². The van der Waals surface area contributed by atoms with E-state index in [4.69, 9.17) is 20.0 Å². The molecule has 0 aromatic heterocycles. The molecule has 0 saturated heterocycles. The fraction of sp³-hybridized carbons (Fsp3) is 0.321. The highest BCUT2D eigenvalue weighted by molar-refractivity contribution is 5.99. The number of nitrogens with two attached hydrogens (primary N) is 1. The van der Waals surface area contributed by atoms with Crippen LogP contribution in [0.2, 0.25) is 0 Å². The molecule has 14 heteroatoms. The van der Waals surface area contributed by atoms with E-state index in [0.29, 0.717) is 6.42 Å². The van der Waals surface area contributed by atoms with Crippen LogP contribution < -0.4 is 20.5 Å². The van der Waals surface area contributed by atoms with Gasteiger partial charge in [0.2, 0.25) is 5.91 Å². The lowest BCUT2D eigenvalue weighted by Gasteiger charge is -2.20. The molecule has 0 spiro atoms. The van der Waals surface area contributed by atoms with Crippen LogP contribution in [0.5, 0.6) is 11.5 Å². The maximum atomic E-state index is 12.7. The van der Waals surface area contributed by atoms with E-state index < -0.39 is 41.7 Å². The predicted octanol–water partition coefficient (Wildman–Crippen LogP) is 1.97. The average Bonchev–Trinajstić information content (AvgIpc) is 2.93. The lowest BCUT2D eigenvalue weighted by atomic mass is 10.1. The standard InChI is InChI=1S/C28H32N4O10/c1-18(33)40-22-13-9-12-21(25(22)41-19(2)34)26(37)30-16-8-7-14-24(36)32(28(29)39)17-15-23(35)31(3)42-27(38)20-10-5-4-6-11-20/h4-6,9-13H,7-8,14-17H2,1-3H3,(H2,29,39)(H,30,37). The van der Waals surface area contributed by atoms with Gasteiger partial charge in [0, 0.05) is 46.8 Å². The summed E-state index contributed by atoms with van der Waals surface area (Å²) in [4.78, 5) is 90.1. The van der Waals surface area contributed by atoms with Crippen molar-refractivity contribution in [3.05, 3.63) is 59.7 Å². The zero-order chi connectivity index (χ0) is 31.2. The van der Waals surface area contributed by atoms with Crippen LogP contribution in [0, 0.1) is 0 Å². The second-order valence-electron chi connectivity index (χ2n) is 8.80. The molecule has 0 bridgehead atoms. The summed E-state index contributed by atoms with van der Waals surface area (Å²) in [6.07, 6.45) is 0.149. The molecule has 2 rings (SSSR count). The first-order valence-corrected chi connectivity index (χ1v) is 12.8. The number of unbranched alkanes of at least 4 members (excludes halogenated alkanes) is 1. The number of esters is 2. The van der Waals surface area contributed by atoms with Crippen molar-refractivity contribution >= 4 is 41.7 Å². The third-order valence-electron chi connectivity index (χ3n) is 5.52. The molecule has 3 N–H and O–H groups in total. The quantitative estimate of drug-likeness (QED) is 0.161. The molecular formula is C28H32N4O10. The summed E-state index contributed by atoms with van der Waals surface area (Å²) in [5.74, 6) is -4.34. The Morgan fingerprint density at radius 2 is 1.48 bits per heavy atom. The van der Waals surface area contributed by atoms with Crippen LogP contribution in [0.25, 0.3) is 0 Å². The second-order valence-corrected chi connectivity index (χ2v) is 8.80. The molecule has 0 heterocycles. The van der Waals surface area contributed by atoms with Gasteiger partial charge in [-0.15, -0.1) is 0 Å². The molecule has 0 aliphatic rings. The van der Waals surface area contributed by atoms with E-state index in [9.17, 15) is 33.6 Å². The minimum Gasteiger partial charge on any atom is -0.423 e. The maximum absolute atomic E-state index is 12.7. The molecular weight excluding hydrogens is 552 g/mol. The number of imide groups is 1. The highest BCUT2D eigenvalue weighted by Crippen LogP contribution is 2.31. The van der Waals surface area contributed by atoms with E-state index in [1.165, 1.54) is 37.4 Å². The van der Waals surface area contributed by atoms with Crippen LogP contribution in [0.3, 0.4) is 0 Å². The number of hydrogen-bond acceptors (Lipinski definition) is 10. The minimum absolute atomic E-state index is 0.0380. The number of ether oxygens (including phenoxy) is 2. The number of carbonyl (C=O) groups excluding carboxylic acids is 7. The zero-order valence-corrected chi connectivity index (χ0v) is 23.4. The van der Waals surface area contributed by atoms with Gasteiger partial charge in [-0.1, -0.05) is 24.3 Å². The van der Waals surface area contributed by atoms with Crippen molar-refractivity contribution < 1.29 is 47.9 Å². The van der Waals surface area contributed by atoms with Crippen LogP contribution in [0.1, 0.15) is 60.2 Å². The molecule has 224 valence electrons. The number of amides is 5. The summed E-state index contributed by atoms with van der Waals surface area (Å²) < 4.78 is 10.1. The molecule has 0 atom stereocenters.